The van der Waals surface area contributed by atoms with Gasteiger partial charge in [-0.2, -0.15) is 0 Å². The Morgan fingerprint density at radius 2 is 1.22 bits per heavy atom. The molecular formula is C17H34P. The second-order valence-electron chi connectivity index (χ2n) is 5.26. The van der Waals surface area contributed by atoms with E-state index in [0.717, 1.165) is 0 Å². The van der Waals surface area contributed by atoms with E-state index in [-0.39, 0.29) is 0 Å². The number of hydrogen-bond acceptors (Lipinski definition) is 0. The zero-order valence-corrected chi connectivity index (χ0v) is 13.7. The maximum Gasteiger partial charge on any atom is -0.0250 e. The summed E-state index contributed by atoms with van der Waals surface area (Å²) in [7, 11) is 1.53. The van der Waals surface area contributed by atoms with Crippen molar-refractivity contribution < 1.29 is 0 Å². The number of allylic oxidation sites excluding steroid dienone is 1. The monoisotopic (exact) mass is 269 g/mol. The summed E-state index contributed by atoms with van der Waals surface area (Å²) in [6.07, 6.45) is 20.7. The smallest absolute Gasteiger partial charge is 0.0250 e. The minimum atomic E-state index is 1.25. The van der Waals surface area contributed by atoms with Crippen LogP contribution in [-0.4, -0.2) is 6.16 Å². The van der Waals surface area contributed by atoms with Crippen LogP contribution in [0, 0.1) is 0 Å². The molecule has 0 rings (SSSR count). The Morgan fingerprint density at radius 1 is 0.667 bits per heavy atom. The molecule has 0 aliphatic rings. The third kappa shape index (κ3) is 16.2. The van der Waals surface area contributed by atoms with Gasteiger partial charge in [-0.1, -0.05) is 98.5 Å². The van der Waals surface area contributed by atoms with E-state index in [4.69, 9.17) is 0 Å². The summed E-state index contributed by atoms with van der Waals surface area (Å²) in [5, 5.41) is 0. The molecule has 0 atom stereocenters. The lowest BCUT2D eigenvalue weighted by Crippen LogP contribution is -1.82. The Hall–Kier alpha value is 0.170. The predicted octanol–water partition coefficient (Wildman–Crippen LogP) is 7.17. The summed E-state index contributed by atoms with van der Waals surface area (Å²) in [6, 6.07) is 0. The molecule has 0 spiro atoms. The Morgan fingerprint density at radius 3 is 1.78 bits per heavy atom. The molecule has 0 saturated heterocycles. The lowest BCUT2D eigenvalue weighted by atomic mass is 10.1. The van der Waals surface area contributed by atoms with E-state index in [1.54, 1.807) is 0 Å². The molecule has 1 heteroatoms. The first-order chi connectivity index (χ1) is 8.91. The molecule has 0 nitrogen and oxygen atoms in total. The molecule has 0 saturated carbocycles. The fourth-order valence-corrected chi connectivity index (χ4v) is 2.93. The minimum Gasteiger partial charge on any atom is -0.0837 e. The summed E-state index contributed by atoms with van der Waals surface area (Å²) in [5.74, 6) is 2.34. The Bertz CT molecular complexity index is 163. The van der Waals surface area contributed by atoms with Gasteiger partial charge in [0.05, 0.1) is 0 Å². The number of rotatable bonds is 14. The standard InChI is InChI=1S/C17H34P/c1-3-5-7-8-9-10-11-12-13-15-17-18-16-14-6-4-2/h14,16H,3-13,15,17H2,1-2H3. The van der Waals surface area contributed by atoms with Crippen LogP contribution in [0.1, 0.15) is 90.9 Å². The van der Waals surface area contributed by atoms with E-state index in [2.05, 4.69) is 25.7 Å². The SMILES string of the molecule is CCCC=C[P]CCCCCCCCCCCC. The fraction of sp³-hybridized carbons (Fsp3) is 0.882. The van der Waals surface area contributed by atoms with Gasteiger partial charge in [-0.05, 0) is 19.0 Å². The minimum absolute atomic E-state index is 1.25. The van der Waals surface area contributed by atoms with E-state index >= 15 is 0 Å². The van der Waals surface area contributed by atoms with Crippen LogP contribution in [0.4, 0.5) is 0 Å². The highest BCUT2D eigenvalue weighted by atomic mass is 31.1. The molecule has 0 aliphatic heterocycles. The summed E-state index contributed by atoms with van der Waals surface area (Å²) in [6.45, 7) is 4.53. The topological polar surface area (TPSA) is 0 Å². The van der Waals surface area contributed by atoms with Crippen molar-refractivity contribution in [3.8, 4) is 0 Å². The van der Waals surface area contributed by atoms with Gasteiger partial charge in [-0.25, -0.2) is 0 Å². The van der Waals surface area contributed by atoms with Crippen molar-refractivity contribution in [2.75, 3.05) is 6.16 Å². The fourth-order valence-electron chi connectivity index (χ4n) is 2.08. The van der Waals surface area contributed by atoms with E-state index in [0.29, 0.717) is 0 Å². The third-order valence-corrected chi connectivity index (χ3v) is 4.30. The molecule has 18 heavy (non-hydrogen) atoms. The van der Waals surface area contributed by atoms with Crippen LogP contribution in [0.3, 0.4) is 0 Å². The second-order valence-corrected chi connectivity index (χ2v) is 6.37. The first-order valence-corrected chi connectivity index (χ1v) is 9.38. The average Bonchev–Trinajstić information content (AvgIpc) is 2.39. The first kappa shape index (κ1) is 18.2. The average molecular weight is 269 g/mol. The Kier molecular flexibility index (Phi) is 17.3. The van der Waals surface area contributed by atoms with Crippen LogP contribution < -0.4 is 0 Å². The van der Waals surface area contributed by atoms with Crippen LogP contribution in [0.2, 0.25) is 0 Å². The van der Waals surface area contributed by atoms with Gasteiger partial charge in [0.15, 0.2) is 0 Å². The second kappa shape index (κ2) is 17.2. The van der Waals surface area contributed by atoms with Crippen molar-refractivity contribution in [3.63, 3.8) is 0 Å². The molecule has 0 amide bonds. The van der Waals surface area contributed by atoms with Gasteiger partial charge >= 0.3 is 0 Å². The van der Waals surface area contributed by atoms with Gasteiger partial charge < -0.3 is 0 Å². The summed E-state index contributed by atoms with van der Waals surface area (Å²) < 4.78 is 0. The normalized spacial score (nSPS) is 12.1. The zero-order chi connectivity index (χ0) is 13.3. The number of hydrogen-bond donors (Lipinski definition) is 0. The van der Waals surface area contributed by atoms with Crippen molar-refractivity contribution in [1.82, 2.24) is 0 Å². The van der Waals surface area contributed by atoms with Crippen LogP contribution >= 0.6 is 8.58 Å². The predicted molar refractivity (Wildman–Crippen MR) is 87.7 cm³/mol. The van der Waals surface area contributed by atoms with E-state index in [9.17, 15) is 0 Å². The third-order valence-electron chi connectivity index (χ3n) is 3.31. The van der Waals surface area contributed by atoms with Crippen molar-refractivity contribution in [2.45, 2.75) is 90.9 Å². The van der Waals surface area contributed by atoms with Gasteiger partial charge in [-0.3, -0.25) is 0 Å². The molecular weight excluding hydrogens is 235 g/mol. The van der Waals surface area contributed by atoms with Crippen LogP contribution in [-0.2, 0) is 0 Å². The lowest BCUT2D eigenvalue weighted by Gasteiger charge is -2.01. The molecule has 0 aromatic rings. The summed E-state index contributed by atoms with van der Waals surface area (Å²) in [4.78, 5) is 0. The van der Waals surface area contributed by atoms with Gasteiger partial charge in [0.25, 0.3) is 0 Å². The van der Waals surface area contributed by atoms with Gasteiger partial charge in [0.2, 0.25) is 0 Å². The molecule has 1 radical (unpaired) electrons. The van der Waals surface area contributed by atoms with Gasteiger partial charge in [0, 0.05) is 0 Å². The van der Waals surface area contributed by atoms with Gasteiger partial charge in [-0.15, -0.1) is 0 Å². The molecule has 0 fully saturated rings. The van der Waals surface area contributed by atoms with E-state index < -0.39 is 0 Å². The van der Waals surface area contributed by atoms with Gasteiger partial charge in [0.1, 0.15) is 0 Å². The summed E-state index contributed by atoms with van der Waals surface area (Å²) >= 11 is 0. The zero-order valence-electron chi connectivity index (χ0n) is 12.8. The summed E-state index contributed by atoms with van der Waals surface area (Å²) in [5.41, 5.74) is 0. The molecule has 0 aromatic heterocycles. The Labute approximate surface area is 118 Å². The van der Waals surface area contributed by atoms with Crippen LogP contribution in [0.5, 0.6) is 0 Å². The largest absolute Gasteiger partial charge is 0.0837 e. The quantitative estimate of drug-likeness (QED) is 0.232. The highest BCUT2D eigenvalue weighted by Gasteiger charge is 1.92. The van der Waals surface area contributed by atoms with Crippen molar-refractivity contribution in [1.29, 1.82) is 0 Å². The highest BCUT2D eigenvalue weighted by Crippen LogP contribution is 2.17. The molecule has 0 aromatic carbocycles. The van der Waals surface area contributed by atoms with Crippen molar-refractivity contribution in [3.05, 3.63) is 11.9 Å². The maximum atomic E-state index is 2.34. The molecule has 0 bridgehead atoms. The Balaban J connectivity index is 2.94. The molecule has 107 valence electrons. The number of unbranched alkanes of at least 4 members (excludes halogenated alkanes) is 10. The molecule has 0 aliphatic carbocycles. The molecule has 0 N–H and O–H groups in total. The van der Waals surface area contributed by atoms with Crippen molar-refractivity contribution in [2.24, 2.45) is 0 Å². The van der Waals surface area contributed by atoms with E-state index in [1.807, 2.05) is 0 Å². The first-order valence-electron chi connectivity index (χ1n) is 8.23. The van der Waals surface area contributed by atoms with Crippen molar-refractivity contribution >= 4 is 8.58 Å². The molecule has 0 unspecified atom stereocenters. The highest BCUT2D eigenvalue weighted by molar-refractivity contribution is 7.41. The van der Waals surface area contributed by atoms with Crippen LogP contribution in [0.15, 0.2) is 11.9 Å². The van der Waals surface area contributed by atoms with Crippen LogP contribution in [0.25, 0.3) is 0 Å². The maximum absolute atomic E-state index is 2.34. The molecule has 0 heterocycles. The van der Waals surface area contributed by atoms with E-state index in [1.165, 1.54) is 91.8 Å². The lowest BCUT2D eigenvalue weighted by molar-refractivity contribution is 0.563.